The van der Waals surface area contributed by atoms with Crippen molar-refractivity contribution in [2.75, 3.05) is 19.8 Å². The summed E-state index contributed by atoms with van der Waals surface area (Å²) in [7, 11) is 3.86. The Morgan fingerprint density at radius 1 is 1.31 bits per heavy atom. The summed E-state index contributed by atoms with van der Waals surface area (Å²) in [5.41, 5.74) is 6.69. The third kappa shape index (κ3) is 1.94. The van der Waals surface area contributed by atoms with Crippen LogP contribution in [0.15, 0.2) is 29.1 Å². The summed E-state index contributed by atoms with van der Waals surface area (Å²) in [6, 6.07) is 7.58. The first-order valence-corrected chi connectivity index (χ1v) is 5.86. The third-order valence-corrected chi connectivity index (χ3v) is 3.44. The molecule has 0 bridgehead atoms. The van der Waals surface area contributed by atoms with Crippen LogP contribution in [0.4, 0.5) is 5.00 Å². The monoisotopic (exact) mass is 234 g/mol. The van der Waals surface area contributed by atoms with Crippen molar-refractivity contribution in [3.8, 4) is 0 Å². The number of nitrogens with zero attached hydrogens (tertiary/aromatic N) is 1. The van der Waals surface area contributed by atoms with E-state index in [1.165, 1.54) is 11.3 Å². The van der Waals surface area contributed by atoms with Crippen molar-refractivity contribution in [1.82, 2.24) is 4.90 Å². The summed E-state index contributed by atoms with van der Waals surface area (Å²) in [6.07, 6.45) is 0. The van der Waals surface area contributed by atoms with Crippen LogP contribution >= 0.6 is 11.3 Å². The zero-order chi connectivity index (χ0) is 11.7. The average Bonchev–Trinajstić information content (AvgIpc) is 2.24. The normalized spacial score (nSPS) is 11.2. The summed E-state index contributed by atoms with van der Waals surface area (Å²) >= 11 is 1.48. The van der Waals surface area contributed by atoms with Gasteiger partial charge in [0, 0.05) is 22.2 Å². The molecule has 0 atom stereocenters. The molecule has 0 saturated heterocycles. The molecule has 0 aliphatic rings. The van der Waals surface area contributed by atoms with Crippen LogP contribution < -0.4 is 11.2 Å². The molecule has 1 heterocycles. The van der Waals surface area contributed by atoms with Crippen LogP contribution in [0.1, 0.15) is 5.56 Å². The van der Waals surface area contributed by atoms with Crippen molar-refractivity contribution in [2.45, 2.75) is 6.54 Å². The molecule has 2 rings (SSSR count). The summed E-state index contributed by atoms with van der Waals surface area (Å²) in [4.78, 5) is 14.1. The lowest BCUT2D eigenvalue weighted by atomic mass is 10.2. The lowest BCUT2D eigenvalue weighted by Gasteiger charge is -2.11. The molecule has 0 aliphatic carbocycles. The molecule has 0 saturated carbocycles. The van der Waals surface area contributed by atoms with E-state index in [0.717, 1.165) is 10.1 Å². The van der Waals surface area contributed by atoms with Gasteiger partial charge in [0.1, 0.15) is 0 Å². The zero-order valence-electron chi connectivity index (χ0n) is 9.36. The number of hydrogen-bond acceptors (Lipinski definition) is 4. The van der Waals surface area contributed by atoms with Gasteiger partial charge in [-0.25, -0.2) is 0 Å². The molecule has 3 nitrogen and oxygen atoms in total. The zero-order valence-corrected chi connectivity index (χ0v) is 10.2. The van der Waals surface area contributed by atoms with Crippen LogP contribution in [0.2, 0.25) is 0 Å². The minimum atomic E-state index is 0.0561. The van der Waals surface area contributed by atoms with Gasteiger partial charge in [0.05, 0.1) is 5.00 Å². The predicted molar refractivity (Wildman–Crippen MR) is 69.9 cm³/mol. The van der Waals surface area contributed by atoms with Gasteiger partial charge in [-0.15, -0.1) is 11.3 Å². The van der Waals surface area contributed by atoms with Gasteiger partial charge in [0.15, 0.2) is 5.43 Å². The Morgan fingerprint density at radius 3 is 2.69 bits per heavy atom. The fourth-order valence-corrected chi connectivity index (χ4v) is 2.60. The van der Waals surface area contributed by atoms with Crippen LogP contribution in [0.3, 0.4) is 0 Å². The Kier molecular flexibility index (Phi) is 2.94. The molecule has 0 radical (unpaired) electrons. The van der Waals surface area contributed by atoms with Gasteiger partial charge in [-0.3, -0.25) is 4.79 Å². The Labute approximate surface area is 98.1 Å². The number of nitrogen functional groups attached to an aromatic ring is 1. The average molecular weight is 234 g/mol. The standard InChI is InChI=1S/C12H14N2OS/c1-14(2)7-9-11(15)8-5-3-4-6-10(8)16-12(9)13/h3-6H,7,13H2,1-2H3. The number of nitrogens with two attached hydrogens (primary N) is 1. The van der Waals surface area contributed by atoms with E-state index < -0.39 is 0 Å². The highest BCUT2D eigenvalue weighted by molar-refractivity contribution is 7.22. The highest BCUT2D eigenvalue weighted by Crippen LogP contribution is 2.24. The van der Waals surface area contributed by atoms with Crippen LogP contribution in [-0.2, 0) is 6.54 Å². The SMILES string of the molecule is CN(C)Cc1c(N)sc2ccccc2c1=O. The van der Waals surface area contributed by atoms with Gasteiger partial charge in [-0.2, -0.15) is 0 Å². The van der Waals surface area contributed by atoms with Crippen molar-refractivity contribution in [2.24, 2.45) is 0 Å². The van der Waals surface area contributed by atoms with Gasteiger partial charge < -0.3 is 10.6 Å². The van der Waals surface area contributed by atoms with E-state index in [0.29, 0.717) is 17.1 Å². The maximum atomic E-state index is 12.2. The summed E-state index contributed by atoms with van der Waals surface area (Å²) in [5, 5.41) is 1.39. The molecular weight excluding hydrogens is 220 g/mol. The maximum absolute atomic E-state index is 12.2. The highest BCUT2D eigenvalue weighted by atomic mass is 32.1. The molecule has 1 aromatic carbocycles. The van der Waals surface area contributed by atoms with Gasteiger partial charge in [-0.1, -0.05) is 12.1 Å². The van der Waals surface area contributed by atoms with Crippen LogP contribution in [0.5, 0.6) is 0 Å². The first kappa shape index (κ1) is 11.1. The maximum Gasteiger partial charge on any atom is 0.194 e. The second-order valence-electron chi connectivity index (χ2n) is 4.01. The van der Waals surface area contributed by atoms with Crippen LogP contribution in [-0.4, -0.2) is 19.0 Å². The Hall–Kier alpha value is -1.39. The van der Waals surface area contributed by atoms with Gasteiger partial charge in [0.25, 0.3) is 0 Å². The molecule has 16 heavy (non-hydrogen) atoms. The highest BCUT2D eigenvalue weighted by Gasteiger charge is 2.10. The topological polar surface area (TPSA) is 46.3 Å². The van der Waals surface area contributed by atoms with Gasteiger partial charge >= 0.3 is 0 Å². The molecule has 4 heteroatoms. The smallest absolute Gasteiger partial charge is 0.194 e. The lowest BCUT2D eigenvalue weighted by molar-refractivity contribution is 0.402. The third-order valence-electron chi connectivity index (χ3n) is 2.40. The minimum absolute atomic E-state index is 0.0561. The quantitative estimate of drug-likeness (QED) is 0.863. The second kappa shape index (κ2) is 4.23. The lowest BCUT2D eigenvalue weighted by Crippen LogP contribution is -2.19. The van der Waals surface area contributed by atoms with Crippen LogP contribution in [0, 0.1) is 0 Å². The van der Waals surface area contributed by atoms with Gasteiger partial charge in [-0.05, 0) is 26.2 Å². The van der Waals surface area contributed by atoms with Crippen molar-refractivity contribution in [3.05, 3.63) is 40.1 Å². The molecule has 2 N–H and O–H groups in total. The van der Waals surface area contributed by atoms with E-state index >= 15 is 0 Å². The molecule has 0 unspecified atom stereocenters. The van der Waals surface area contributed by atoms with E-state index in [2.05, 4.69) is 0 Å². The van der Waals surface area contributed by atoms with Crippen molar-refractivity contribution >= 4 is 26.4 Å². The Morgan fingerprint density at radius 2 is 2.00 bits per heavy atom. The van der Waals surface area contributed by atoms with E-state index in [1.807, 2.05) is 43.3 Å². The predicted octanol–water partition coefficient (Wildman–Crippen LogP) is 1.91. The Balaban J connectivity index is 2.71. The fourth-order valence-electron chi connectivity index (χ4n) is 1.66. The molecule has 1 aromatic heterocycles. The molecule has 0 fully saturated rings. The first-order chi connectivity index (χ1) is 7.59. The second-order valence-corrected chi connectivity index (χ2v) is 5.09. The van der Waals surface area contributed by atoms with Crippen LogP contribution in [0.25, 0.3) is 10.1 Å². The van der Waals surface area contributed by atoms with E-state index in [4.69, 9.17) is 5.73 Å². The first-order valence-electron chi connectivity index (χ1n) is 5.04. The van der Waals surface area contributed by atoms with Crippen molar-refractivity contribution in [3.63, 3.8) is 0 Å². The van der Waals surface area contributed by atoms with E-state index in [1.54, 1.807) is 0 Å². The summed E-state index contributed by atoms with van der Waals surface area (Å²) < 4.78 is 0.951. The molecule has 0 amide bonds. The van der Waals surface area contributed by atoms with Crippen molar-refractivity contribution in [1.29, 1.82) is 0 Å². The van der Waals surface area contributed by atoms with E-state index in [-0.39, 0.29) is 5.43 Å². The largest absolute Gasteiger partial charge is 0.390 e. The molecular formula is C12H14N2OS. The molecule has 2 aromatic rings. The fraction of sp³-hybridized carbons (Fsp3) is 0.250. The number of hydrogen-bond donors (Lipinski definition) is 1. The summed E-state index contributed by atoms with van der Waals surface area (Å²) in [6.45, 7) is 0.589. The summed E-state index contributed by atoms with van der Waals surface area (Å²) in [5.74, 6) is 0. The Bertz CT molecular complexity index is 575. The molecule has 84 valence electrons. The molecule has 0 spiro atoms. The number of fused-ring (bicyclic) bond motifs is 1. The number of benzene rings is 1. The minimum Gasteiger partial charge on any atom is -0.390 e. The van der Waals surface area contributed by atoms with Crippen molar-refractivity contribution < 1.29 is 0 Å². The number of anilines is 1. The number of rotatable bonds is 2. The van der Waals surface area contributed by atoms with E-state index in [9.17, 15) is 4.79 Å². The molecule has 0 aliphatic heterocycles. The van der Waals surface area contributed by atoms with Gasteiger partial charge in [0.2, 0.25) is 0 Å².